The predicted molar refractivity (Wildman–Crippen MR) is 75.6 cm³/mol. The van der Waals surface area contributed by atoms with E-state index < -0.39 is 0 Å². The summed E-state index contributed by atoms with van der Waals surface area (Å²) in [5.41, 5.74) is 7.41. The molecule has 0 saturated carbocycles. The van der Waals surface area contributed by atoms with Gasteiger partial charge >= 0.3 is 0 Å². The van der Waals surface area contributed by atoms with Crippen LogP contribution in [0.3, 0.4) is 0 Å². The van der Waals surface area contributed by atoms with Crippen molar-refractivity contribution in [2.45, 2.75) is 56.8 Å². The Morgan fingerprint density at radius 1 is 1.17 bits per heavy atom. The zero-order chi connectivity index (χ0) is 12.5. The maximum Gasteiger partial charge on any atom is 0.0451 e. The molecule has 0 aromatic heterocycles. The molecule has 3 heteroatoms. The Balaban J connectivity index is 1.78. The first kappa shape index (κ1) is 12.5. The molecule has 0 spiro atoms. The molecule has 2 fully saturated rings. The lowest BCUT2D eigenvalue weighted by atomic mass is 9.82. The van der Waals surface area contributed by atoms with Crippen molar-refractivity contribution < 1.29 is 0 Å². The van der Waals surface area contributed by atoms with Crippen LogP contribution in [0.2, 0.25) is 5.02 Å². The topological polar surface area (TPSA) is 29.3 Å². The van der Waals surface area contributed by atoms with Gasteiger partial charge in [0.05, 0.1) is 0 Å². The second-order valence-electron chi connectivity index (χ2n) is 5.73. The monoisotopic (exact) mass is 264 g/mol. The molecule has 2 aliphatic heterocycles. The van der Waals surface area contributed by atoms with Gasteiger partial charge in [-0.05, 0) is 37.3 Å². The van der Waals surface area contributed by atoms with Crippen molar-refractivity contribution in [3.05, 3.63) is 34.9 Å². The molecule has 1 aromatic carbocycles. The van der Waals surface area contributed by atoms with E-state index >= 15 is 0 Å². The Bertz CT molecular complexity index is 407. The van der Waals surface area contributed by atoms with Crippen LogP contribution < -0.4 is 5.73 Å². The maximum atomic E-state index is 6.28. The van der Waals surface area contributed by atoms with Crippen LogP contribution in [0.4, 0.5) is 0 Å². The summed E-state index contributed by atoms with van der Waals surface area (Å²) in [6, 6.07) is 9.95. The quantitative estimate of drug-likeness (QED) is 0.889. The molecule has 1 aromatic rings. The first-order valence-corrected chi connectivity index (χ1v) is 7.36. The smallest absolute Gasteiger partial charge is 0.0451 e. The minimum atomic E-state index is 0.405. The highest BCUT2D eigenvalue weighted by Gasteiger charge is 2.36. The van der Waals surface area contributed by atoms with Crippen LogP contribution in [0, 0.1) is 0 Å². The summed E-state index contributed by atoms with van der Waals surface area (Å²) < 4.78 is 0. The van der Waals surface area contributed by atoms with Crippen LogP contribution >= 0.6 is 11.6 Å². The standard InChI is InChI=1S/C15H21ClN2/c16-15-7-2-1-4-11(15)10-18-13-5-3-6-14(18)9-12(17)8-13/h1-2,4,7,12-14H,3,5-6,8-10,17H2. The van der Waals surface area contributed by atoms with E-state index in [0.717, 1.165) is 24.4 Å². The normalized spacial score (nSPS) is 32.4. The van der Waals surface area contributed by atoms with Gasteiger partial charge in [-0.15, -0.1) is 0 Å². The number of fused-ring (bicyclic) bond motifs is 2. The van der Waals surface area contributed by atoms with Crippen LogP contribution in [-0.4, -0.2) is 23.0 Å². The van der Waals surface area contributed by atoms with Crippen LogP contribution in [0.1, 0.15) is 37.7 Å². The highest BCUT2D eigenvalue weighted by molar-refractivity contribution is 6.31. The third kappa shape index (κ3) is 2.42. The van der Waals surface area contributed by atoms with Crippen LogP contribution in [0.5, 0.6) is 0 Å². The number of hydrogen-bond acceptors (Lipinski definition) is 2. The van der Waals surface area contributed by atoms with Gasteiger partial charge in [0.25, 0.3) is 0 Å². The number of nitrogens with two attached hydrogens (primary N) is 1. The Kier molecular flexibility index (Phi) is 3.60. The molecular formula is C15H21ClN2. The van der Waals surface area contributed by atoms with Crippen molar-refractivity contribution in [3.63, 3.8) is 0 Å². The summed E-state index contributed by atoms with van der Waals surface area (Å²) in [5, 5.41) is 0.894. The molecule has 0 aliphatic carbocycles. The van der Waals surface area contributed by atoms with Crippen molar-refractivity contribution in [2.24, 2.45) is 5.73 Å². The largest absolute Gasteiger partial charge is 0.328 e. The Hall–Kier alpha value is -0.570. The minimum absolute atomic E-state index is 0.405. The van der Waals surface area contributed by atoms with E-state index in [1.54, 1.807) is 0 Å². The number of hydrogen-bond donors (Lipinski definition) is 1. The van der Waals surface area contributed by atoms with Crippen LogP contribution in [0.25, 0.3) is 0 Å². The van der Waals surface area contributed by atoms with Crippen LogP contribution in [-0.2, 0) is 6.54 Å². The van der Waals surface area contributed by atoms with E-state index in [4.69, 9.17) is 17.3 Å². The van der Waals surface area contributed by atoms with Crippen molar-refractivity contribution in [1.29, 1.82) is 0 Å². The minimum Gasteiger partial charge on any atom is -0.328 e. The van der Waals surface area contributed by atoms with E-state index in [9.17, 15) is 0 Å². The summed E-state index contributed by atoms with van der Waals surface area (Å²) in [5.74, 6) is 0. The molecule has 98 valence electrons. The first-order chi connectivity index (χ1) is 8.74. The molecule has 3 rings (SSSR count). The highest BCUT2D eigenvalue weighted by Crippen LogP contribution is 2.35. The SMILES string of the molecule is NC1CC2CCCC(C1)N2Cc1ccccc1Cl. The molecule has 2 heterocycles. The molecule has 0 radical (unpaired) electrons. The number of piperidine rings is 2. The van der Waals surface area contributed by atoms with Gasteiger partial charge in [-0.2, -0.15) is 0 Å². The summed E-state index contributed by atoms with van der Waals surface area (Å²) in [4.78, 5) is 2.65. The van der Waals surface area contributed by atoms with Crippen LogP contribution in [0.15, 0.2) is 24.3 Å². The molecule has 2 aliphatic rings. The number of rotatable bonds is 2. The molecule has 0 amide bonds. The highest BCUT2D eigenvalue weighted by atomic mass is 35.5. The van der Waals surface area contributed by atoms with E-state index in [-0.39, 0.29) is 0 Å². The van der Waals surface area contributed by atoms with E-state index in [1.807, 2.05) is 12.1 Å². The fourth-order valence-corrected chi connectivity index (χ4v) is 3.80. The second-order valence-corrected chi connectivity index (χ2v) is 6.14. The Morgan fingerprint density at radius 3 is 2.50 bits per heavy atom. The average Bonchev–Trinajstić information content (AvgIpc) is 2.33. The third-order valence-corrected chi connectivity index (χ3v) is 4.84. The summed E-state index contributed by atoms with van der Waals surface area (Å²) in [6.07, 6.45) is 6.27. The molecule has 2 atom stereocenters. The third-order valence-electron chi connectivity index (χ3n) is 4.47. The van der Waals surface area contributed by atoms with E-state index in [0.29, 0.717) is 18.1 Å². The predicted octanol–water partition coefficient (Wildman–Crippen LogP) is 3.18. The zero-order valence-electron chi connectivity index (χ0n) is 10.7. The first-order valence-electron chi connectivity index (χ1n) is 6.99. The number of halogens is 1. The van der Waals surface area contributed by atoms with E-state index in [1.165, 1.54) is 24.8 Å². The lowest BCUT2D eigenvalue weighted by Gasteiger charge is -2.48. The lowest BCUT2D eigenvalue weighted by molar-refractivity contribution is 0.0245. The van der Waals surface area contributed by atoms with Gasteiger partial charge < -0.3 is 5.73 Å². The zero-order valence-corrected chi connectivity index (χ0v) is 11.4. The molecule has 2 unspecified atom stereocenters. The summed E-state index contributed by atoms with van der Waals surface area (Å²) in [7, 11) is 0. The van der Waals surface area contributed by atoms with Crippen molar-refractivity contribution in [1.82, 2.24) is 4.90 Å². The molecule has 18 heavy (non-hydrogen) atoms. The fraction of sp³-hybridized carbons (Fsp3) is 0.600. The number of nitrogens with zero attached hydrogens (tertiary/aromatic N) is 1. The van der Waals surface area contributed by atoms with Crippen molar-refractivity contribution >= 4 is 11.6 Å². The van der Waals surface area contributed by atoms with Gasteiger partial charge in [0, 0.05) is 29.7 Å². The maximum absolute atomic E-state index is 6.28. The second kappa shape index (κ2) is 5.20. The van der Waals surface area contributed by atoms with Gasteiger partial charge in [-0.25, -0.2) is 0 Å². The summed E-state index contributed by atoms with van der Waals surface area (Å²) >= 11 is 6.28. The van der Waals surface area contributed by atoms with E-state index in [2.05, 4.69) is 17.0 Å². The van der Waals surface area contributed by atoms with Gasteiger partial charge in [0.15, 0.2) is 0 Å². The molecule has 2 nitrogen and oxygen atoms in total. The van der Waals surface area contributed by atoms with Gasteiger partial charge in [0.2, 0.25) is 0 Å². The number of benzene rings is 1. The molecular weight excluding hydrogens is 244 g/mol. The van der Waals surface area contributed by atoms with Crippen molar-refractivity contribution in [2.75, 3.05) is 0 Å². The lowest BCUT2D eigenvalue weighted by Crippen LogP contribution is -2.54. The van der Waals surface area contributed by atoms with Gasteiger partial charge in [-0.3, -0.25) is 4.90 Å². The fourth-order valence-electron chi connectivity index (χ4n) is 3.60. The Morgan fingerprint density at radius 2 is 1.83 bits per heavy atom. The molecule has 2 N–H and O–H groups in total. The molecule has 2 bridgehead atoms. The Labute approximate surface area is 114 Å². The van der Waals surface area contributed by atoms with Crippen molar-refractivity contribution in [3.8, 4) is 0 Å². The average molecular weight is 265 g/mol. The van der Waals surface area contributed by atoms with Gasteiger partial charge in [0.1, 0.15) is 0 Å². The van der Waals surface area contributed by atoms with Gasteiger partial charge in [-0.1, -0.05) is 36.2 Å². The summed E-state index contributed by atoms with van der Waals surface area (Å²) in [6.45, 7) is 0.988. The molecule has 2 saturated heterocycles.